The van der Waals surface area contributed by atoms with Crippen LogP contribution in [0.3, 0.4) is 0 Å². The second kappa shape index (κ2) is 13.0. The highest BCUT2D eigenvalue weighted by molar-refractivity contribution is 6.21. The van der Waals surface area contributed by atoms with Gasteiger partial charge in [0.2, 0.25) is 0 Å². The van der Waals surface area contributed by atoms with Crippen LogP contribution in [0, 0.1) is 11.8 Å². The Morgan fingerprint density at radius 1 is 1.03 bits per heavy atom. The number of aliphatic hydroxyl groups excluding tert-OH is 2. The summed E-state index contributed by atoms with van der Waals surface area (Å²) in [6.07, 6.45) is 12.8. The van der Waals surface area contributed by atoms with Crippen LogP contribution in [0.25, 0.3) is 0 Å². The molecule has 0 radical (unpaired) electrons. The van der Waals surface area contributed by atoms with Crippen LogP contribution in [0.4, 0.5) is 0 Å². The molecular formula is C27H41ClO4. The predicted octanol–water partition coefficient (Wildman–Crippen LogP) is 6.06. The van der Waals surface area contributed by atoms with Gasteiger partial charge in [0.05, 0.1) is 12.2 Å². The van der Waals surface area contributed by atoms with Gasteiger partial charge in [-0.3, -0.25) is 4.79 Å². The smallest absolute Gasteiger partial charge is 0.303 e. The highest BCUT2D eigenvalue weighted by Crippen LogP contribution is 2.45. The van der Waals surface area contributed by atoms with Gasteiger partial charge in [0, 0.05) is 17.7 Å². The maximum absolute atomic E-state index is 10.7. The fraction of sp³-hybridized carbons (Fsp3) is 0.741. The van der Waals surface area contributed by atoms with E-state index in [-0.39, 0.29) is 29.7 Å². The normalized spacial score (nSPS) is 27.5. The number of rotatable bonds is 12. The van der Waals surface area contributed by atoms with Gasteiger partial charge in [-0.2, -0.15) is 0 Å². The molecule has 2 aliphatic carbocycles. The van der Waals surface area contributed by atoms with E-state index in [0.717, 1.165) is 50.5 Å². The highest BCUT2D eigenvalue weighted by Gasteiger charge is 2.41. The minimum atomic E-state index is -0.725. The molecule has 2 fully saturated rings. The van der Waals surface area contributed by atoms with E-state index < -0.39 is 12.1 Å². The lowest BCUT2D eigenvalue weighted by molar-refractivity contribution is -0.137. The molecule has 2 aliphatic rings. The molecule has 180 valence electrons. The molecule has 0 spiro atoms. The van der Waals surface area contributed by atoms with E-state index in [0.29, 0.717) is 12.3 Å². The zero-order valence-corrected chi connectivity index (χ0v) is 20.1. The number of carboxylic acid groups (broad SMARTS) is 1. The summed E-state index contributed by atoms with van der Waals surface area (Å²) in [5.74, 6) is 0.0717. The molecule has 1 aromatic carbocycles. The van der Waals surface area contributed by atoms with Crippen LogP contribution in [0.15, 0.2) is 24.3 Å². The molecule has 0 saturated heterocycles. The molecule has 0 aliphatic heterocycles. The van der Waals surface area contributed by atoms with E-state index in [9.17, 15) is 15.0 Å². The van der Waals surface area contributed by atoms with Crippen LogP contribution in [-0.4, -0.2) is 38.9 Å². The molecular weight excluding hydrogens is 424 g/mol. The Kier molecular flexibility index (Phi) is 10.3. The van der Waals surface area contributed by atoms with Crippen LogP contribution in [0.2, 0.25) is 0 Å². The number of benzene rings is 1. The molecule has 0 amide bonds. The lowest BCUT2D eigenvalue weighted by Crippen LogP contribution is -2.23. The van der Waals surface area contributed by atoms with E-state index in [4.69, 9.17) is 16.7 Å². The first-order valence-corrected chi connectivity index (χ1v) is 13.2. The van der Waals surface area contributed by atoms with Gasteiger partial charge >= 0.3 is 5.97 Å². The Hall–Kier alpha value is -1.10. The standard InChI is InChI=1S/C27H41ClO4/c28-23-18-25(30)27(22(23)10-6-1-2-7-11-26(31)32)21-15-12-19(13-16-21)14-17-24(29)20-8-4-3-5-9-20/h12-13,15-16,20,22-25,27,29-30H,1-11,14,17-18H2,(H,31,32). The van der Waals surface area contributed by atoms with Crippen molar-refractivity contribution in [1.82, 2.24) is 0 Å². The monoisotopic (exact) mass is 464 g/mol. The Balaban J connectivity index is 1.49. The van der Waals surface area contributed by atoms with Crippen molar-refractivity contribution in [2.24, 2.45) is 11.8 Å². The lowest BCUT2D eigenvalue weighted by Gasteiger charge is -2.26. The molecule has 3 rings (SSSR count). The van der Waals surface area contributed by atoms with Crippen molar-refractivity contribution in [1.29, 1.82) is 0 Å². The molecule has 2 saturated carbocycles. The second-order valence-electron chi connectivity index (χ2n) is 10.1. The van der Waals surface area contributed by atoms with Crippen LogP contribution < -0.4 is 0 Å². The van der Waals surface area contributed by atoms with Crippen molar-refractivity contribution in [3.63, 3.8) is 0 Å². The minimum Gasteiger partial charge on any atom is -0.481 e. The van der Waals surface area contributed by atoms with Gasteiger partial charge in [-0.1, -0.05) is 62.8 Å². The van der Waals surface area contributed by atoms with E-state index >= 15 is 0 Å². The molecule has 0 bridgehead atoms. The quantitative estimate of drug-likeness (QED) is 0.259. The largest absolute Gasteiger partial charge is 0.481 e. The molecule has 4 nitrogen and oxygen atoms in total. The van der Waals surface area contributed by atoms with Gasteiger partial charge in [0.1, 0.15) is 0 Å². The lowest BCUT2D eigenvalue weighted by atomic mass is 9.82. The average molecular weight is 465 g/mol. The number of hydrogen-bond acceptors (Lipinski definition) is 3. The summed E-state index contributed by atoms with van der Waals surface area (Å²) in [4.78, 5) is 10.6. The Labute approximate surface area is 198 Å². The third kappa shape index (κ3) is 7.46. The molecule has 32 heavy (non-hydrogen) atoms. The summed E-state index contributed by atoms with van der Waals surface area (Å²) >= 11 is 6.62. The van der Waals surface area contributed by atoms with Crippen molar-refractivity contribution < 1.29 is 20.1 Å². The van der Waals surface area contributed by atoms with Gasteiger partial charge in [-0.25, -0.2) is 0 Å². The fourth-order valence-electron chi connectivity index (χ4n) is 5.88. The van der Waals surface area contributed by atoms with Crippen molar-refractivity contribution >= 4 is 17.6 Å². The summed E-state index contributed by atoms with van der Waals surface area (Å²) in [6, 6.07) is 8.59. The topological polar surface area (TPSA) is 77.8 Å². The summed E-state index contributed by atoms with van der Waals surface area (Å²) in [5.41, 5.74) is 2.40. The van der Waals surface area contributed by atoms with Crippen molar-refractivity contribution in [3.05, 3.63) is 35.4 Å². The number of carboxylic acids is 1. The molecule has 5 heteroatoms. The molecule has 0 aromatic heterocycles. The highest BCUT2D eigenvalue weighted by atomic mass is 35.5. The number of alkyl halides is 1. The zero-order valence-electron chi connectivity index (χ0n) is 19.3. The first-order valence-electron chi connectivity index (χ1n) is 12.8. The number of hydrogen-bond donors (Lipinski definition) is 3. The van der Waals surface area contributed by atoms with Crippen LogP contribution >= 0.6 is 11.6 Å². The Morgan fingerprint density at radius 2 is 1.72 bits per heavy atom. The molecule has 3 N–H and O–H groups in total. The molecule has 5 atom stereocenters. The Bertz CT molecular complexity index is 685. The maximum atomic E-state index is 10.7. The molecule has 5 unspecified atom stereocenters. The first kappa shape index (κ1) is 25.5. The van der Waals surface area contributed by atoms with E-state index in [1.165, 1.54) is 37.7 Å². The third-order valence-electron chi connectivity index (χ3n) is 7.77. The van der Waals surface area contributed by atoms with E-state index in [1.807, 2.05) is 0 Å². The summed E-state index contributed by atoms with van der Waals surface area (Å²) in [5, 5.41) is 30.0. The first-order chi connectivity index (χ1) is 15.5. The van der Waals surface area contributed by atoms with Gasteiger partial charge < -0.3 is 15.3 Å². The molecule has 0 heterocycles. The van der Waals surface area contributed by atoms with Gasteiger partial charge in [0.15, 0.2) is 0 Å². The van der Waals surface area contributed by atoms with Gasteiger partial charge in [0.25, 0.3) is 0 Å². The number of aryl methyl sites for hydroxylation is 1. The SMILES string of the molecule is O=C(O)CCCCCCC1C(Cl)CC(O)C1c1ccc(CCC(O)C2CCCCC2)cc1. The average Bonchev–Trinajstić information content (AvgIpc) is 3.08. The molecule has 1 aromatic rings. The Morgan fingerprint density at radius 3 is 2.41 bits per heavy atom. The van der Waals surface area contributed by atoms with Crippen molar-refractivity contribution in [2.75, 3.05) is 0 Å². The number of carbonyl (C=O) groups is 1. The number of aliphatic carboxylic acids is 1. The summed E-state index contributed by atoms with van der Waals surface area (Å²) in [7, 11) is 0. The fourth-order valence-corrected chi connectivity index (χ4v) is 6.34. The van der Waals surface area contributed by atoms with Crippen LogP contribution in [0.1, 0.15) is 101 Å². The van der Waals surface area contributed by atoms with E-state index in [1.54, 1.807) is 0 Å². The predicted molar refractivity (Wildman–Crippen MR) is 129 cm³/mol. The number of halogens is 1. The summed E-state index contributed by atoms with van der Waals surface area (Å²) in [6.45, 7) is 0. The van der Waals surface area contributed by atoms with Crippen molar-refractivity contribution in [3.8, 4) is 0 Å². The van der Waals surface area contributed by atoms with E-state index in [2.05, 4.69) is 24.3 Å². The van der Waals surface area contributed by atoms with Gasteiger partial charge in [-0.15, -0.1) is 11.6 Å². The van der Waals surface area contributed by atoms with Crippen LogP contribution in [0.5, 0.6) is 0 Å². The zero-order chi connectivity index (χ0) is 22.9. The van der Waals surface area contributed by atoms with Crippen LogP contribution in [-0.2, 0) is 11.2 Å². The van der Waals surface area contributed by atoms with Crippen molar-refractivity contribution in [2.45, 2.75) is 113 Å². The maximum Gasteiger partial charge on any atom is 0.303 e. The number of aliphatic hydroxyl groups is 2. The summed E-state index contributed by atoms with van der Waals surface area (Å²) < 4.78 is 0. The number of unbranched alkanes of at least 4 members (excludes halogenated alkanes) is 3. The third-order valence-corrected chi connectivity index (χ3v) is 8.27. The van der Waals surface area contributed by atoms with Gasteiger partial charge in [-0.05, 0) is 67.9 Å². The second-order valence-corrected chi connectivity index (χ2v) is 10.7. The minimum absolute atomic E-state index is 0.0145.